The van der Waals surface area contributed by atoms with Crippen molar-refractivity contribution >= 4 is 12.1 Å². The van der Waals surface area contributed by atoms with Crippen LogP contribution in [0.15, 0.2) is 11.6 Å². The highest BCUT2D eigenvalue weighted by molar-refractivity contribution is 5.95. The van der Waals surface area contributed by atoms with Crippen LogP contribution in [0, 0.1) is 22.7 Å². The van der Waals surface area contributed by atoms with Crippen molar-refractivity contribution in [1.29, 1.82) is 0 Å². The lowest BCUT2D eigenvalue weighted by Crippen LogP contribution is -2.52. The number of rotatable bonds is 2. The van der Waals surface area contributed by atoms with Gasteiger partial charge in [-0.1, -0.05) is 32.8 Å². The van der Waals surface area contributed by atoms with E-state index in [4.69, 9.17) is 0 Å². The lowest BCUT2D eigenvalue weighted by Gasteiger charge is -2.55. The SMILES string of the molecule is CC1=CC(=O)[C@H]2C(C)(C)CCC[C@]2(C)[C@H]1CC=O. The predicted octanol–water partition coefficient (Wildman–Crippen LogP) is 3.55. The molecule has 0 aromatic heterocycles. The third-order valence-electron chi connectivity index (χ3n) is 5.31. The summed E-state index contributed by atoms with van der Waals surface area (Å²) in [6, 6.07) is 0. The second-order valence-corrected chi connectivity index (χ2v) is 7.03. The van der Waals surface area contributed by atoms with Crippen LogP contribution in [-0.4, -0.2) is 12.1 Å². The van der Waals surface area contributed by atoms with E-state index in [1.165, 1.54) is 0 Å². The first kappa shape index (κ1) is 13.5. The van der Waals surface area contributed by atoms with E-state index in [0.717, 1.165) is 31.1 Å². The molecular formula is C16H24O2. The van der Waals surface area contributed by atoms with Gasteiger partial charge in [-0.15, -0.1) is 0 Å². The number of aldehydes is 1. The van der Waals surface area contributed by atoms with Crippen molar-refractivity contribution in [2.75, 3.05) is 0 Å². The molecule has 18 heavy (non-hydrogen) atoms. The summed E-state index contributed by atoms with van der Waals surface area (Å²) < 4.78 is 0. The molecule has 0 aliphatic heterocycles. The van der Waals surface area contributed by atoms with Gasteiger partial charge in [0, 0.05) is 12.3 Å². The molecule has 2 aliphatic rings. The molecule has 0 aromatic rings. The van der Waals surface area contributed by atoms with Crippen molar-refractivity contribution in [1.82, 2.24) is 0 Å². The van der Waals surface area contributed by atoms with E-state index in [2.05, 4.69) is 20.8 Å². The van der Waals surface area contributed by atoms with Crippen molar-refractivity contribution in [2.24, 2.45) is 22.7 Å². The Labute approximate surface area is 110 Å². The molecule has 0 bridgehead atoms. The number of fused-ring (bicyclic) bond motifs is 1. The Balaban J connectivity index is 2.50. The van der Waals surface area contributed by atoms with E-state index < -0.39 is 0 Å². The van der Waals surface area contributed by atoms with E-state index >= 15 is 0 Å². The Hall–Kier alpha value is -0.920. The monoisotopic (exact) mass is 248 g/mol. The van der Waals surface area contributed by atoms with Crippen molar-refractivity contribution in [3.63, 3.8) is 0 Å². The Bertz CT molecular complexity index is 405. The molecule has 2 nitrogen and oxygen atoms in total. The zero-order valence-electron chi connectivity index (χ0n) is 12.0. The quantitative estimate of drug-likeness (QED) is 0.700. The van der Waals surface area contributed by atoms with Crippen LogP contribution < -0.4 is 0 Å². The standard InChI is InChI=1S/C16H24O2/c1-11-10-13(18)14-15(2,3)7-5-8-16(14,4)12(11)6-9-17/h9-10,12,14H,5-8H2,1-4H3/t12-,14-,16+/m0/s1. The fourth-order valence-corrected chi connectivity index (χ4v) is 4.67. The molecule has 2 rings (SSSR count). The third-order valence-corrected chi connectivity index (χ3v) is 5.31. The van der Waals surface area contributed by atoms with E-state index in [-0.39, 0.29) is 28.4 Å². The van der Waals surface area contributed by atoms with Crippen LogP contribution in [0.4, 0.5) is 0 Å². The summed E-state index contributed by atoms with van der Waals surface area (Å²) in [7, 11) is 0. The summed E-state index contributed by atoms with van der Waals surface area (Å²) in [5.74, 6) is 0.603. The maximum Gasteiger partial charge on any atom is 0.159 e. The highest BCUT2D eigenvalue weighted by atomic mass is 16.1. The highest BCUT2D eigenvalue weighted by Gasteiger charge is 2.55. The summed E-state index contributed by atoms with van der Waals surface area (Å²) in [4.78, 5) is 23.4. The van der Waals surface area contributed by atoms with Gasteiger partial charge in [-0.3, -0.25) is 4.79 Å². The molecule has 0 amide bonds. The highest BCUT2D eigenvalue weighted by Crippen LogP contribution is 2.58. The summed E-state index contributed by atoms with van der Waals surface area (Å²) in [5.41, 5.74) is 1.13. The number of allylic oxidation sites excluding steroid dienone is 2. The van der Waals surface area contributed by atoms with Crippen LogP contribution >= 0.6 is 0 Å². The van der Waals surface area contributed by atoms with Crippen LogP contribution in [0.5, 0.6) is 0 Å². The number of hydrogen-bond donors (Lipinski definition) is 0. The number of ketones is 1. The average Bonchev–Trinajstić information content (AvgIpc) is 2.22. The van der Waals surface area contributed by atoms with Crippen molar-refractivity contribution in [2.45, 2.75) is 53.4 Å². The molecule has 0 N–H and O–H groups in total. The zero-order valence-corrected chi connectivity index (χ0v) is 12.0. The molecular weight excluding hydrogens is 224 g/mol. The Morgan fingerprint density at radius 1 is 1.33 bits per heavy atom. The minimum Gasteiger partial charge on any atom is -0.303 e. The molecule has 3 atom stereocenters. The molecule has 0 saturated heterocycles. The maximum atomic E-state index is 12.4. The summed E-state index contributed by atoms with van der Waals surface area (Å²) in [6.45, 7) is 8.65. The second-order valence-electron chi connectivity index (χ2n) is 7.03. The number of carbonyl (C=O) groups excluding carboxylic acids is 2. The Morgan fingerprint density at radius 2 is 2.00 bits per heavy atom. The fourth-order valence-electron chi connectivity index (χ4n) is 4.67. The number of carbonyl (C=O) groups is 2. The summed E-state index contributed by atoms with van der Waals surface area (Å²) in [6.07, 6.45) is 6.71. The van der Waals surface area contributed by atoms with E-state index in [9.17, 15) is 9.59 Å². The third kappa shape index (κ3) is 1.86. The van der Waals surface area contributed by atoms with Crippen LogP contribution in [0.25, 0.3) is 0 Å². The molecule has 0 aromatic carbocycles. The zero-order chi connectivity index (χ0) is 13.6. The van der Waals surface area contributed by atoms with Crippen LogP contribution in [0.2, 0.25) is 0 Å². The molecule has 0 spiro atoms. The van der Waals surface area contributed by atoms with Gasteiger partial charge in [0.2, 0.25) is 0 Å². The van der Waals surface area contributed by atoms with Gasteiger partial charge in [0.15, 0.2) is 5.78 Å². The minimum atomic E-state index is -0.0292. The molecule has 1 saturated carbocycles. The molecule has 2 aliphatic carbocycles. The maximum absolute atomic E-state index is 12.4. The molecule has 0 heterocycles. The summed E-state index contributed by atoms with van der Waals surface area (Å²) >= 11 is 0. The lowest BCUT2D eigenvalue weighted by molar-refractivity contribution is -0.137. The van der Waals surface area contributed by atoms with Gasteiger partial charge >= 0.3 is 0 Å². The molecule has 2 heteroatoms. The molecule has 0 radical (unpaired) electrons. The van der Waals surface area contributed by atoms with Gasteiger partial charge in [-0.2, -0.15) is 0 Å². The second kappa shape index (κ2) is 4.32. The van der Waals surface area contributed by atoms with Gasteiger partial charge in [-0.25, -0.2) is 0 Å². The molecule has 1 fully saturated rings. The largest absolute Gasteiger partial charge is 0.303 e. The van der Waals surface area contributed by atoms with Crippen molar-refractivity contribution in [3.05, 3.63) is 11.6 Å². The van der Waals surface area contributed by atoms with Gasteiger partial charge in [0.25, 0.3) is 0 Å². The minimum absolute atomic E-state index is 0.0292. The number of hydrogen-bond acceptors (Lipinski definition) is 2. The fraction of sp³-hybridized carbons (Fsp3) is 0.750. The first-order valence-electron chi connectivity index (χ1n) is 6.98. The van der Waals surface area contributed by atoms with Crippen LogP contribution in [0.3, 0.4) is 0 Å². The predicted molar refractivity (Wildman–Crippen MR) is 72.2 cm³/mol. The summed E-state index contributed by atoms with van der Waals surface area (Å²) in [5, 5.41) is 0. The Kier molecular flexibility index (Phi) is 3.25. The molecule has 100 valence electrons. The van der Waals surface area contributed by atoms with Gasteiger partial charge in [-0.05, 0) is 42.6 Å². The first-order valence-corrected chi connectivity index (χ1v) is 6.98. The topological polar surface area (TPSA) is 34.1 Å². The molecule has 0 unspecified atom stereocenters. The van der Waals surface area contributed by atoms with Crippen molar-refractivity contribution in [3.8, 4) is 0 Å². The van der Waals surface area contributed by atoms with Gasteiger partial charge < -0.3 is 4.79 Å². The van der Waals surface area contributed by atoms with Gasteiger partial charge in [0.05, 0.1) is 0 Å². The van der Waals surface area contributed by atoms with E-state index in [0.29, 0.717) is 6.42 Å². The smallest absolute Gasteiger partial charge is 0.159 e. The van der Waals surface area contributed by atoms with Crippen LogP contribution in [0.1, 0.15) is 53.4 Å². The van der Waals surface area contributed by atoms with E-state index in [1.807, 2.05) is 6.92 Å². The Morgan fingerprint density at radius 3 is 2.61 bits per heavy atom. The van der Waals surface area contributed by atoms with Gasteiger partial charge in [0.1, 0.15) is 6.29 Å². The lowest BCUT2D eigenvalue weighted by atomic mass is 9.48. The van der Waals surface area contributed by atoms with Crippen LogP contribution in [-0.2, 0) is 9.59 Å². The first-order chi connectivity index (χ1) is 8.33. The normalized spacial score (nSPS) is 38.9. The van der Waals surface area contributed by atoms with Crippen molar-refractivity contribution < 1.29 is 9.59 Å². The van der Waals surface area contributed by atoms with E-state index in [1.54, 1.807) is 6.08 Å². The average molecular weight is 248 g/mol.